The molecule has 0 fully saturated rings. The maximum Gasteiger partial charge on any atom is 0.222 e. The van der Waals surface area contributed by atoms with Crippen LogP contribution in [0.4, 0.5) is 0 Å². The van der Waals surface area contributed by atoms with Crippen molar-refractivity contribution in [2.45, 2.75) is 13.3 Å². The molecule has 2 rings (SSSR count). The minimum absolute atomic E-state index is 0.104. The first kappa shape index (κ1) is 13.1. The van der Waals surface area contributed by atoms with Gasteiger partial charge in [0.05, 0.1) is 0 Å². The summed E-state index contributed by atoms with van der Waals surface area (Å²) in [5, 5.41) is 9.02. The van der Waals surface area contributed by atoms with E-state index in [1.165, 1.54) is 0 Å². The van der Waals surface area contributed by atoms with Gasteiger partial charge in [0.15, 0.2) is 0 Å². The van der Waals surface area contributed by atoms with Crippen LogP contribution in [0.25, 0.3) is 0 Å². The number of aliphatic hydroxyl groups excluding tert-OH is 1. The van der Waals surface area contributed by atoms with E-state index in [9.17, 15) is 0 Å². The number of hydrogen-bond donors (Lipinski definition) is 1. The largest absolute Gasteiger partial charge is 0.438 e. The summed E-state index contributed by atoms with van der Waals surface area (Å²) in [6.07, 6.45) is 2.28. The smallest absolute Gasteiger partial charge is 0.222 e. The van der Waals surface area contributed by atoms with Crippen LogP contribution in [0.15, 0.2) is 41.0 Å². The van der Waals surface area contributed by atoms with E-state index in [0.717, 1.165) is 21.3 Å². The lowest BCUT2D eigenvalue weighted by molar-refractivity contribution is 0.297. The van der Waals surface area contributed by atoms with Crippen LogP contribution in [0.2, 0.25) is 0 Å². The molecule has 0 amide bonds. The lowest BCUT2D eigenvalue weighted by Gasteiger charge is -2.11. The maximum atomic E-state index is 9.02. The number of aryl methyl sites for hydroxylation is 1. The Balaban J connectivity index is 2.28. The molecule has 1 N–H and O–H groups in total. The highest BCUT2D eigenvalue weighted by Crippen LogP contribution is 2.27. The van der Waals surface area contributed by atoms with Crippen LogP contribution in [0, 0.1) is 6.92 Å². The van der Waals surface area contributed by atoms with E-state index in [1.807, 2.05) is 37.3 Å². The first-order chi connectivity index (χ1) is 8.70. The molecule has 3 nitrogen and oxygen atoms in total. The summed E-state index contributed by atoms with van der Waals surface area (Å²) in [5.74, 6) is 1.33. The van der Waals surface area contributed by atoms with Gasteiger partial charge in [-0.05, 0) is 47.0 Å². The van der Waals surface area contributed by atoms with Gasteiger partial charge in [-0.2, -0.15) is 0 Å². The molecule has 4 heteroatoms. The highest BCUT2D eigenvalue weighted by atomic mass is 79.9. The second-order valence-corrected chi connectivity index (χ2v) is 4.87. The van der Waals surface area contributed by atoms with Gasteiger partial charge >= 0.3 is 0 Å². The van der Waals surface area contributed by atoms with Crippen molar-refractivity contribution in [3.05, 3.63) is 52.1 Å². The van der Waals surface area contributed by atoms with E-state index in [0.29, 0.717) is 12.3 Å². The topological polar surface area (TPSA) is 42.4 Å². The third-order valence-corrected chi connectivity index (χ3v) is 2.99. The Labute approximate surface area is 115 Å². The highest BCUT2D eigenvalue weighted by molar-refractivity contribution is 9.10. The molecule has 0 saturated heterocycles. The Morgan fingerprint density at radius 2 is 2.11 bits per heavy atom. The quantitative estimate of drug-likeness (QED) is 0.940. The van der Waals surface area contributed by atoms with Gasteiger partial charge in [0.1, 0.15) is 5.75 Å². The average molecular weight is 308 g/mol. The second-order valence-electron chi connectivity index (χ2n) is 3.96. The normalized spacial score (nSPS) is 10.4. The maximum absolute atomic E-state index is 9.02. The van der Waals surface area contributed by atoms with Crippen molar-refractivity contribution in [2.24, 2.45) is 0 Å². The molecule has 18 heavy (non-hydrogen) atoms. The van der Waals surface area contributed by atoms with Crippen molar-refractivity contribution in [3.63, 3.8) is 0 Å². The standard InChI is InChI=1S/C14H14BrNO2/c1-10-8-12(15)9-16-14(10)18-13-5-3-2-4-11(13)6-7-17/h2-5,8-9,17H,6-7H2,1H3. The van der Waals surface area contributed by atoms with Crippen LogP contribution in [-0.4, -0.2) is 16.7 Å². The number of para-hydroxylation sites is 1. The molecular weight excluding hydrogens is 294 g/mol. The summed E-state index contributed by atoms with van der Waals surface area (Å²) in [7, 11) is 0. The van der Waals surface area contributed by atoms with Crippen molar-refractivity contribution in [1.29, 1.82) is 0 Å². The van der Waals surface area contributed by atoms with E-state index in [1.54, 1.807) is 6.20 Å². The van der Waals surface area contributed by atoms with Gasteiger partial charge in [0.2, 0.25) is 5.88 Å². The Bertz CT molecular complexity index is 543. The van der Waals surface area contributed by atoms with E-state index >= 15 is 0 Å². The lowest BCUT2D eigenvalue weighted by Crippen LogP contribution is -1.97. The first-order valence-corrected chi connectivity index (χ1v) is 6.49. The summed E-state index contributed by atoms with van der Waals surface area (Å²) in [6.45, 7) is 2.05. The number of halogens is 1. The van der Waals surface area contributed by atoms with E-state index in [4.69, 9.17) is 9.84 Å². The summed E-state index contributed by atoms with van der Waals surface area (Å²) in [6, 6.07) is 9.62. The molecule has 0 spiro atoms. The third kappa shape index (κ3) is 3.09. The number of aromatic nitrogens is 1. The van der Waals surface area contributed by atoms with E-state index < -0.39 is 0 Å². The van der Waals surface area contributed by atoms with Gasteiger partial charge in [-0.25, -0.2) is 4.98 Å². The van der Waals surface area contributed by atoms with Gasteiger partial charge in [0, 0.05) is 22.8 Å². The average Bonchev–Trinajstić information content (AvgIpc) is 2.35. The molecule has 1 heterocycles. The van der Waals surface area contributed by atoms with Crippen LogP contribution in [0.3, 0.4) is 0 Å². The van der Waals surface area contributed by atoms with Crippen molar-refractivity contribution >= 4 is 15.9 Å². The second kappa shape index (κ2) is 5.98. The molecular formula is C14H14BrNO2. The zero-order chi connectivity index (χ0) is 13.0. The Morgan fingerprint density at radius 3 is 2.83 bits per heavy atom. The monoisotopic (exact) mass is 307 g/mol. The fourth-order valence-electron chi connectivity index (χ4n) is 1.67. The Morgan fingerprint density at radius 1 is 1.33 bits per heavy atom. The molecule has 0 bridgehead atoms. The minimum Gasteiger partial charge on any atom is -0.438 e. The van der Waals surface area contributed by atoms with Gasteiger partial charge < -0.3 is 9.84 Å². The van der Waals surface area contributed by atoms with Gasteiger partial charge in [-0.15, -0.1) is 0 Å². The summed E-state index contributed by atoms with van der Waals surface area (Å²) >= 11 is 3.37. The van der Waals surface area contributed by atoms with Crippen molar-refractivity contribution < 1.29 is 9.84 Å². The number of nitrogens with zero attached hydrogens (tertiary/aromatic N) is 1. The number of aliphatic hydroxyl groups is 1. The van der Waals surface area contributed by atoms with Crippen LogP contribution in [0.5, 0.6) is 11.6 Å². The molecule has 2 aromatic rings. The van der Waals surface area contributed by atoms with E-state index in [-0.39, 0.29) is 6.61 Å². The zero-order valence-corrected chi connectivity index (χ0v) is 11.6. The number of hydrogen-bond acceptors (Lipinski definition) is 3. The van der Waals surface area contributed by atoms with Crippen molar-refractivity contribution in [1.82, 2.24) is 4.98 Å². The summed E-state index contributed by atoms with van der Waals surface area (Å²) < 4.78 is 6.73. The fourth-order valence-corrected chi connectivity index (χ4v) is 2.12. The van der Waals surface area contributed by atoms with Gasteiger partial charge in [-0.3, -0.25) is 0 Å². The number of rotatable bonds is 4. The van der Waals surface area contributed by atoms with Gasteiger partial charge in [0.25, 0.3) is 0 Å². The summed E-state index contributed by atoms with van der Waals surface area (Å²) in [5.41, 5.74) is 1.94. The molecule has 0 radical (unpaired) electrons. The van der Waals surface area contributed by atoms with Crippen LogP contribution >= 0.6 is 15.9 Å². The number of ether oxygens (including phenoxy) is 1. The molecule has 0 aliphatic heterocycles. The van der Waals surface area contributed by atoms with Crippen molar-refractivity contribution in [2.75, 3.05) is 6.61 Å². The van der Waals surface area contributed by atoms with Crippen LogP contribution in [-0.2, 0) is 6.42 Å². The molecule has 1 aromatic heterocycles. The van der Waals surface area contributed by atoms with Crippen molar-refractivity contribution in [3.8, 4) is 11.6 Å². The molecule has 0 saturated carbocycles. The summed E-state index contributed by atoms with van der Waals surface area (Å²) in [4.78, 5) is 4.24. The Kier molecular flexibility index (Phi) is 4.33. The third-order valence-electron chi connectivity index (χ3n) is 2.56. The minimum atomic E-state index is 0.104. The lowest BCUT2D eigenvalue weighted by atomic mass is 10.1. The fraction of sp³-hybridized carbons (Fsp3) is 0.214. The van der Waals surface area contributed by atoms with Crippen LogP contribution < -0.4 is 4.74 Å². The zero-order valence-electron chi connectivity index (χ0n) is 10.1. The molecule has 1 aromatic carbocycles. The van der Waals surface area contributed by atoms with E-state index in [2.05, 4.69) is 20.9 Å². The molecule has 0 aliphatic rings. The predicted octanol–water partition coefficient (Wildman–Crippen LogP) is 3.48. The molecule has 0 atom stereocenters. The SMILES string of the molecule is Cc1cc(Br)cnc1Oc1ccccc1CCO. The number of pyridine rings is 1. The highest BCUT2D eigenvalue weighted by Gasteiger charge is 2.07. The van der Waals surface area contributed by atoms with Crippen LogP contribution in [0.1, 0.15) is 11.1 Å². The first-order valence-electron chi connectivity index (χ1n) is 5.69. The predicted molar refractivity (Wildman–Crippen MR) is 74.0 cm³/mol. The molecule has 0 unspecified atom stereocenters. The van der Waals surface area contributed by atoms with Gasteiger partial charge in [-0.1, -0.05) is 18.2 Å². The molecule has 0 aliphatic carbocycles. The Hall–Kier alpha value is -1.39. The molecule has 94 valence electrons. The number of benzene rings is 1.